The summed E-state index contributed by atoms with van der Waals surface area (Å²) in [4.78, 5) is 22.0. The minimum absolute atomic E-state index is 0.0214. The van der Waals surface area contributed by atoms with E-state index in [4.69, 9.17) is 4.98 Å². The number of thiazole rings is 1. The van der Waals surface area contributed by atoms with Crippen LogP contribution < -0.4 is 10.2 Å². The number of nitrogens with one attached hydrogen (secondary N) is 1. The molecular weight excluding hydrogens is 344 g/mol. The molecule has 0 radical (unpaired) electrons. The van der Waals surface area contributed by atoms with Gasteiger partial charge in [-0.15, -0.1) is 11.3 Å². The second-order valence-corrected chi connectivity index (χ2v) is 7.98. The van der Waals surface area contributed by atoms with Crippen LogP contribution in [-0.4, -0.2) is 41.5 Å². The van der Waals surface area contributed by atoms with Crippen LogP contribution in [-0.2, 0) is 17.9 Å². The number of nitrogens with zero attached hydrogens (tertiary/aromatic N) is 3. The van der Waals surface area contributed by atoms with Crippen LogP contribution in [0.2, 0.25) is 0 Å². The number of hydrogen-bond donors (Lipinski definition) is 1. The third-order valence-electron chi connectivity index (χ3n) is 5.25. The number of amides is 1. The fourth-order valence-electron chi connectivity index (χ4n) is 3.86. The maximum Gasteiger partial charge on any atom is 0.237 e. The Balaban J connectivity index is 1.31. The third-order valence-corrected chi connectivity index (χ3v) is 6.20. The number of carbonyl (C=O) groups is 1. The lowest BCUT2D eigenvalue weighted by atomic mass is 10.1. The maximum atomic E-state index is 12.7. The molecule has 1 aromatic carbocycles. The predicted molar refractivity (Wildman–Crippen MR) is 105 cm³/mol. The molecule has 26 heavy (non-hydrogen) atoms. The molecule has 1 atom stereocenters. The van der Waals surface area contributed by atoms with Crippen LogP contribution in [0.25, 0.3) is 0 Å². The molecule has 1 N–H and O–H groups in total. The summed E-state index contributed by atoms with van der Waals surface area (Å²) >= 11 is 1.69. The number of anilines is 1. The standard InChI is InChI=1S/C20H26N4OS/c25-19(18-9-6-12-24(18)14-16-7-2-1-3-8-16)21-13-17-15-26-20(22-17)23-10-4-5-11-23/h1-3,7-8,15,18H,4-6,9-14H2,(H,21,25)/t18-/m0/s1. The van der Waals surface area contributed by atoms with E-state index >= 15 is 0 Å². The van der Waals surface area contributed by atoms with Crippen molar-refractivity contribution < 1.29 is 4.79 Å². The number of carbonyl (C=O) groups excluding carboxylic acids is 1. The number of rotatable bonds is 6. The fourth-order valence-corrected chi connectivity index (χ4v) is 4.74. The molecule has 1 amide bonds. The van der Waals surface area contributed by atoms with Crippen LogP contribution in [0, 0.1) is 0 Å². The zero-order valence-corrected chi connectivity index (χ0v) is 15.9. The molecule has 0 bridgehead atoms. The Morgan fingerprint density at radius 2 is 1.96 bits per heavy atom. The molecule has 2 aliphatic heterocycles. The van der Waals surface area contributed by atoms with E-state index in [9.17, 15) is 4.79 Å². The van der Waals surface area contributed by atoms with Crippen molar-refractivity contribution in [2.24, 2.45) is 0 Å². The second kappa shape index (κ2) is 8.18. The van der Waals surface area contributed by atoms with Crippen molar-refractivity contribution in [3.8, 4) is 0 Å². The number of hydrogen-bond acceptors (Lipinski definition) is 5. The smallest absolute Gasteiger partial charge is 0.237 e. The summed E-state index contributed by atoms with van der Waals surface area (Å²) in [6, 6.07) is 10.4. The SMILES string of the molecule is O=C(NCc1csc(N2CCCC2)n1)[C@@H]1CCCN1Cc1ccccc1. The largest absolute Gasteiger partial charge is 0.349 e. The molecule has 0 aliphatic carbocycles. The summed E-state index contributed by atoms with van der Waals surface area (Å²) < 4.78 is 0. The predicted octanol–water partition coefficient (Wildman–Crippen LogP) is 3.02. The average molecular weight is 371 g/mol. The van der Waals surface area contributed by atoms with E-state index in [1.165, 1.54) is 18.4 Å². The molecular formula is C20H26N4OS. The molecule has 138 valence electrons. The van der Waals surface area contributed by atoms with Gasteiger partial charge in [-0.05, 0) is 37.8 Å². The first-order valence-corrected chi connectivity index (χ1v) is 10.4. The van der Waals surface area contributed by atoms with Gasteiger partial charge in [0.05, 0.1) is 18.3 Å². The molecule has 2 saturated heterocycles. The van der Waals surface area contributed by atoms with Gasteiger partial charge in [-0.3, -0.25) is 9.69 Å². The van der Waals surface area contributed by atoms with Crippen LogP contribution in [0.4, 0.5) is 5.13 Å². The van der Waals surface area contributed by atoms with E-state index in [-0.39, 0.29) is 11.9 Å². The van der Waals surface area contributed by atoms with E-state index < -0.39 is 0 Å². The van der Waals surface area contributed by atoms with E-state index in [1.54, 1.807) is 11.3 Å². The lowest BCUT2D eigenvalue weighted by molar-refractivity contribution is -0.125. The van der Waals surface area contributed by atoms with Crippen LogP contribution in [0.3, 0.4) is 0 Å². The van der Waals surface area contributed by atoms with E-state index in [2.05, 4.69) is 44.8 Å². The van der Waals surface area contributed by atoms with Crippen LogP contribution in [0.5, 0.6) is 0 Å². The Bertz CT molecular complexity index is 726. The highest BCUT2D eigenvalue weighted by atomic mass is 32.1. The highest BCUT2D eigenvalue weighted by molar-refractivity contribution is 7.13. The first-order valence-electron chi connectivity index (χ1n) is 9.54. The van der Waals surface area contributed by atoms with Crippen LogP contribution in [0.1, 0.15) is 36.9 Å². The molecule has 0 unspecified atom stereocenters. The van der Waals surface area contributed by atoms with Gasteiger partial charge in [0.15, 0.2) is 5.13 Å². The van der Waals surface area contributed by atoms with Crippen molar-refractivity contribution in [3.63, 3.8) is 0 Å². The minimum atomic E-state index is -0.0214. The van der Waals surface area contributed by atoms with Gasteiger partial charge in [0, 0.05) is 25.0 Å². The molecule has 2 fully saturated rings. The van der Waals surface area contributed by atoms with Gasteiger partial charge in [-0.2, -0.15) is 0 Å². The molecule has 1 aromatic heterocycles. The molecule has 0 spiro atoms. The van der Waals surface area contributed by atoms with Crippen molar-refractivity contribution in [3.05, 3.63) is 47.0 Å². The van der Waals surface area contributed by atoms with E-state index in [0.717, 1.165) is 49.8 Å². The Labute approximate surface area is 159 Å². The van der Waals surface area contributed by atoms with Crippen LogP contribution >= 0.6 is 11.3 Å². The molecule has 3 heterocycles. The number of likely N-dealkylation sites (tertiary alicyclic amines) is 1. The number of benzene rings is 1. The molecule has 2 aliphatic rings. The van der Waals surface area contributed by atoms with Gasteiger partial charge in [0.2, 0.25) is 5.91 Å². The second-order valence-electron chi connectivity index (χ2n) is 7.15. The van der Waals surface area contributed by atoms with Crippen molar-refractivity contribution >= 4 is 22.4 Å². The Morgan fingerprint density at radius 1 is 1.15 bits per heavy atom. The topological polar surface area (TPSA) is 48.5 Å². The average Bonchev–Trinajstić information content (AvgIpc) is 3.41. The first-order chi connectivity index (χ1) is 12.8. The van der Waals surface area contributed by atoms with Crippen molar-refractivity contribution in [2.45, 2.75) is 44.8 Å². The number of aromatic nitrogens is 1. The summed E-state index contributed by atoms with van der Waals surface area (Å²) in [5.41, 5.74) is 2.24. The molecule has 2 aromatic rings. The maximum absolute atomic E-state index is 12.7. The Morgan fingerprint density at radius 3 is 2.77 bits per heavy atom. The normalized spacial score (nSPS) is 20.6. The third kappa shape index (κ3) is 4.07. The summed E-state index contributed by atoms with van der Waals surface area (Å²) in [6.45, 7) is 4.57. The van der Waals surface area contributed by atoms with Gasteiger partial charge in [0.1, 0.15) is 0 Å². The summed E-state index contributed by atoms with van der Waals surface area (Å²) in [6.07, 6.45) is 4.53. The van der Waals surface area contributed by atoms with Crippen molar-refractivity contribution in [1.29, 1.82) is 0 Å². The highest BCUT2D eigenvalue weighted by Crippen LogP contribution is 2.24. The van der Waals surface area contributed by atoms with Gasteiger partial charge < -0.3 is 10.2 Å². The zero-order chi connectivity index (χ0) is 17.8. The van der Waals surface area contributed by atoms with Gasteiger partial charge in [-0.25, -0.2) is 4.98 Å². The van der Waals surface area contributed by atoms with Crippen molar-refractivity contribution in [2.75, 3.05) is 24.5 Å². The summed E-state index contributed by atoms with van der Waals surface area (Å²) in [7, 11) is 0. The monoisotopic (exact) mass is 370 g/mol. The summed E-state index contributed by atoms with van der Waals surface area (Å²) in [5, 5.41) is 6.28. The van der Waals surface area contributed by atoms with Gasteiger partial charge in [-0.1, -0.05) is 30.3 Å². The molecule has 5 nitrogen and oxygen atoms in total. The quantitative estimate of drug-likeness (QED) is 0.849. The molecule has 0 saturated carbocycles. The summed E-state index contributed by atoms with van der Waals surface area (Å²) in [5.74, 6) is 0.133. The zero-order valence-electron chi connectivity index (χ0n) is 15.1. The Hall–Kier alpha value is -1.92. The van der Waals surface area contributed by atoms with Gasteiger partial charge in [0.25, 0.3) is 0 Å². The van der Waals surface area contributed by atoms with E-state index in [1.807, 2.05) is 6.07 Å². The lowest BCUT2D eigenvalue weighted by Crippen LogP contribution is -2.42. The van der Waals surface area contributed by atoms with E-state index in [0.29, 0.717) is 6.54 Å². The highest BCUT2D eigenvalue weighted by Gasteiger charge is 2.30. The molecule has 4 rings (SSSR count). The Kier molecular flexibility index (Phi) is 5.51. The lowest BCUT2D eigenvalue weighted by Gasteiger charge is -2.23. The fraction of sp³-hybridized carbons (Fsp3) is 0.500. The molecule has 6 heteroatoms. The first kappa shape index (κ1) is 17.5. The van der Waals surface area contributed by atoms with Gasteiger partial charge >= 0.3 is 0 Å². The minimum Gasteiger partial charge on any atom is -0.349 e. The van der Waals surface area contributed by atoms with Crippen LogP contribution in [0.15, 0.2) is 35.7 Å². The van der Waals surface area contributed by atoms with Crippen molar-refractivity contribution in [1.82, 2.24) is 15.2 Å².